The Morgan fingerprint density at radius 3 is 2.85 bits per heavy atom. The van der Waals surface area contributed by atoms with Gasteiger partial charge in [-0.2, -0.15) is 0 Å². The lowest BCUT2D eigenvalue weighted by atomic mass is 10.2. The molecule has 5 heteroatoms. The van der Waals surface area contributed by atoms with Gasteiger partial charge >= 0.3 is 0 Å². The van der Waals surface area contributed by atoms with Crippen LogP contribution in [0.15, 0.2) is 48.7 Å². The normalized spacial score (nSPS) is 10.7. The lowest BCUT2D eigenvalue weighted by Crippen LogP contribution is -2.10. The second kappa shape index (κ2) is 4.70. The molecule has 4 nitrogen and oxygen atoms in total. The Morgan fingerprint density at radius 2 is 2.05 bits per heavy atom. The van der Waals surface area contributed by atoms with E-state index in [0.717, 1.165) is 5.39 Å². The Labute approximate surface area is 114 Å². The maximum Gasteiger partial charge on any atom is 0.167 e. The first kappa shape index (κ1) is 12.2. The number of nitrogens with two attached hydrogens (primary N) is 1. The molecule has 0 unspecified atom stereocenters. The molecule has 0 radical (unpaired) electrons. The van der Waals surface area contributed by atoms with Crippen LogP contribution in [0.2, 0.25) is 0 Å². The molecule has 1 aromatic heterocycles. The zero-order chi connectivity index (χ0) is 14.1. The minimum atomic E-state index is -0.451. The van der Waals surface area contributed by atoms with Crippen LogP contribution in [0.1, 0.15) is 5.56 Å². The summed E-state index contributed by atoms with van der Waals surface area (Å²) in [6, 6.07) is 11.5. The van der Waals surface area contributed by atoms with Gasteiger partial charge in [-0.3, -0.25) is 5.41 Å². The molecule has 0 bridgehead atoms. The van der Waals surface area contributed by atoms with Crippen molar-refractivity contribution in [2.24, 2.45) is 5.73 Å². The highest BCUT2D eigenvalue weighted by Crippen LogP contribution is 2.28. The van der Waals surface area contributed by atoms with E-state index in [9.17, 15) is 4.39 Å². The summed E-state index contributed by atoms with van der Waals surface area (Å²) in [5.41, 5.74) is 6.66. The zero-order valence-electron chi connectivity index (χ0n) is 10.5. The Bertz CT molecular complexity index is 795. The number of nitrogen functional groups attached to an aromatic ring is 1. The predicted octanol–water partition coefficient (Wildman–Crippen LogP) is 3.38. The van der Waals surface area contributed by atoms with E-state index in [2.05, 4.69) is 4.98 Å². The molecule has 0 aliphatic rings. The van der Waals surface area contributed by atoms with Gasteiger partial charge in [-0.05, 0) is 24.3 Å². The third kappa shape index (κ3) is 2.21. The summed E-state index contributed by atoms with van der Waals surface area (Å²) in [6.45, 7) is 0. The summed E-state index contributed by atoms with van der Waals surface area (Å²) in [5.74, 6) is 0.0643. The smallest absolute Gasteiger partial charge is 0.167 e. The molecule has 0 saturated heterocycles. The SMILES string of the molecule is N=C(N)c1cccc(Oc2cc3cc[nH]c3cc2F)c1. The summed E-state index contributed by atoms with van der Waals surface area (Å²) < 4.78 is 19.5. The van der Waals surface area contributed by atoms with Gasteiger partial charge in [0.25, 0.3) is 0 Å². The van der Waals surface area contributed by atoms with Crippen LogP contribution >= 0.6 is 0 Å². The average Bonchev–Trinajstić information content (AvgIpc) is 2.86. The van der Waals surface area contributed by atoms with Gasteiger partial charge in [-0.1, -0.05) is 12.1 Å². The lowest BCUT2D eigenvalue weighted by molar-refractivity contribution is 0.443. The van der Waals surface area contributed by atoms with Gasteiger partial charge < -0.3 is 15.5 Å². The molecule has 0 amide bonds. The number of amidine groups is 1. The van der Waals surface area contributed by atoms with Crippen LogP contribution in [-0.2, 0) is 0 Å². The Hall–Kier alpha value is -2.82. The van der Waals surface area contributed by atoms with Crippen LogP contribution < -0.4 is 10.5 Å². The third-order valence-corrected chi connectivity index (χ3v) is 2.98. The maximum atomic E-state index is 13.9. The first-order valence-electron chi connectivity index (χ1n) is 6.02. The maximum absolute atomic E-state index is 13.9. The fraction of sp³-hybridized carbons (Fsp3) is 0. The van der Waals surface area contributed by atoms with Gasteiger partial charge in [0.1, 0.15) is 11.6 Å². The number of fused-ring (bicyclic) bond motifs is 1. The number of hydrogen-bond donors (Lipinski definition) is 3. The van der Waals surface area contributed by atoms with Crippen LogP contribution in [0.25, 0.3) is 10.9 Å². The molecule has 3 aromatic rings. The average molecular weight is 269 g/mol. The molecular weight excluding hydrogens is 257 g/mol. The van der Waals surface area contributed by atoms with E-state index in [1.54, 1.807) is 36.5 Å². The van der Waals surface area contributed by atoms with Gasteiger partial charge in [0.2, 0.25) is 0 Å². The number of hydrogen-bond acceptors (Lipinski definition) is 2. The molecule has 4 N–H and O–H groups in total. The van der Waals surface area contributed by atoms with E-state index in [-0.39, 0.29) is 11.6 Å². The molecule has 0 spiro atoms. The van der Waals surface area contributed by atoms with Crippen LogP contribution in [0, 0.1) is 11.2 Å². The summed E-state index contributed by atoms with van der Waals surface area (Å²) in [6.07, 6.45) is 1.74. The van der Waals surface area contributed by atoms with Crippen molar-refractivity contribution >= 4 is 16.7 Å². The number of ether oxygens (including phenoxy) is 1. The largest absolute Gasteiger partial charge is 0.454 e. The second-order valence-electron chi connectivity index (χ2n) is 4.39. The van der Waals surface area contributed by atoms with E-state index in [4.69, 9.17) is 15.9 Å². The van der Waals surface area contributed by atoms with Gasteiger partial charge in [0, 0.05) is 28.7 Å². The first-order valence-corrected chi connectivity index (χ1v) is 6.02. The minimum Gasteiger partial charge on any atom is -0.454 e. The van der Waals surface area contributed by atoms with Crippen molar-refractivity contribution in [3.8, 4) is 11.5 Å². The highest BCUT2D eigenvalue weighted by Gasteiger charge is 2.08. The zero-order valence-corrected chi connectivity index (χ0v) is 10.5. The van der Waals surface area contributed by atoms with Crippen molar-refractivity contribution in [2.45, 2.75) is 0 Å². The Kier molecular flexibility index (Phi) is 2.87. The molecule has 3 rings (SSSR count). The summed E-state index contributed by atoms with van der Waals surface area (Å²) >= 11 is 0. The Balaban J connectivity index is 1.98. The van der Waals surface area contributed by atoms with Gasteiger partial charge in [-0.25, -0.2) is 4.39 Å². The molecule has 0 fully saturated rings. The highest BCUT2D eigenvalue weighted by atomic mass is 19.1. The van der Waals surface area contributed by atoms with Gasteiger partial charge in [0.05, 0.1) is 0 Å². The number of nitrogens with one attached hydrogen (secondary N) is 2. The summed E-state index contributed by atoms with van der Waals surface area (Å²) in [7, 11) is 0. The van der Waals surface area contributed by atoms with Crippen molar-refractivity contribution in [3.05, 3.63) is 60.0 Å². The third-order valence-electron chi connectivity index (χ3n) is 2.98. The number of aromatic nitrogens is 1. The van der Waals surface area contributed by atoms with E-state index >= 15 is 0 Å². The first-order chi connectivity index (χ1) is 9.63. The molecule has 2 aromatic carbocycles. The molecule has 0 saturated carbocycles. The fourth-order valence-electron chi connectivity index (χ4n) is 1.99. The van der Waals surface area contributed by atoms with E-state index in [1.807, 2.05) is 6.07 Å². The minimum absolute atomic E-state index is 0.0583. The van der Waals surface area contributed by atoms with E-state index < -0.39 is 5.82 Å². The molecule has 20 heavy (non-hydrogen) atoms. The van der Waals surface area contributed by atoms with Gasteiger partial charge in [-0.15, -0.1) is 0 Å². The molecule has 1 heterocycles. The quantitative estimate of drug-likeness (QED) is 0.503. The number of benzene rings is 2. The number of aromatic amines is 1. The van der Waals surface area contributed by atoms with Crippen molar-refractivity contribution in [3.63, 3.8) is 0 Å². The van der Waals surface area contributed by atoms with Crippen molar-refractivity contribution < 1.29 is 9.13 Å². The molecular formula is C15H12FN3O. The van der Waals surface area contributed by atoms with Gasteiger partial charge in [0.15, 0.2) is 11.6 Å². The molecule has 0 aliphatic carbocycles. The van der Waals surface area contributed by atoms with Crippen LogP contribution in [0.5, 0.6) is 11.5 Å². The fourth-order valence-corrected chi connectivity index (χ4v) is 1.99. The number of halogens is 1. The lowest BCUT2D eigenvalue weighted by Gasteiger charge is -2.08. The molecule has 100 valence electrons. The monoisotopic (exact) mass is 269 g/mol. The molecule has 0 atom stereocenters. The van der Waals surface area contributed by atoms with Crippen LogP contribution in [0.4, 0.5) is 4.39 Å². The van der Waals surface area contributed by atoms with Crippen molar-refractivity contribution in [2.75, 3.05) is 0 Å². The van der Waals surface area contributed by atoms with Crippen molar-refractivity contribution in [1.29, 1.82) is 5.41 Å². The summed E-state index contributed by atoms with van der Waals surface area (Å²) in [4.78, 5) is 2.94. The topological polar surface area (TPSA) is 74.9 Å². The van der Waals surface area contributed by atoms with E-state index in [1.165, 1.54) is 6.07 Å². The van der Waals surface area contributed by atoms with Crippen LogP contribution in [-0.4, -0.2) is 10.8 Å². The standard InChI is InChI=1S/C15H12FN3O/c16-12-8-13-9(4-5-19-13)7-14(12)20-11-3-1-2-10(6-11)15(17)18/h1-8,19H,(H3,17,18). The summed E-state index contributed by atoms with van der Waals surface area (Å²) in [5, 5.41) is 8.25. The molecule has 0 aliphatic heterocycles. The second-order valence-corrected chi connectivity index (χ2v) is 4.39. The number of rotatable bonds is 3. The van der Waals surface area contributed by atoms with Crippen molar-refractivity contribution in [1.82, 2.24) is 4.98 Å². The predicted molar refractivity (Wildman–Crippen MR) is 75.8 cm³/mol. The Morgan fingerprint density at radius 1 is 1.20 bits per heavy atom. The van der Waals surface area contributed by atoms with Crippen LogP contribution in [0.3, 0.4) is 0 Å². The highest BCUT2D eigenvalue weighted by molar-refractivity contribution is 5.95. The number of H-pyrrole nitrogens is 1. The van der Waals surface area contributed by atoms with E-state index in [0.29, 0.717) is 16.8 Å².